The molecule has 5 heteroatoms. The Morgan fingerprint density at radius 2 is 1.90 bits per heavy atom. The predicted octanol–water partition coefficient (Wildman–Crippen LogP) is 2.70. The van der Waals surface area contributed by atoms with E-state index in [1.807, 2.05) is 29.1 Å². The number of benzene rings is 1. The number of hydrogen-bond donors (Lipinski definition) is 1. The molecule has 21 heavy (non-hydrogen) atoms. The highest BCUT2D eigenvalue weighted by atomic mass is 16.5. The highest BCUT2D eigenvalue weighted by molar-refractivity contribution is 5.49. The molecule has 2 rings (SSSR count). The Kier molecular flexibility index (Phi) is 4.85. The Bertz CT molecular complexity index is 606. The maximum atomic E-state index is 5.35. The Morgan fingerprint density at radius 3 is 2.52 bits per heavy atom. The lowest BCUT2D eigenvalue weighted by Gasteiger charge is -2.11. The molecular weight excluding hydrogens is 266 g/mol. The van der Waals surface area contributed by atoms with Crippen molar-refractivity contribution in [3.63, 3.8) is 0 Å². The molecule has 0 bridgehead atoms. The van der Waals surface area contributed by atoms with Crippen molar-refractivity contribution in [3.05, 3.63) is 35.7 Å². The standard InChI is InChI=1S/C16H23N3O2/c1-11(2)17-9-13-10-18-19(12(13)3)14-6-7-15(20-4)16(8-14)21-5/h6-8,10-11,17H,9H2,1-5H3. The van der Waals surface area contributed by atoms with E-state index in [0.717, 1.165) is 17.9 Å². The van der Waals surface area contributed by atoms with Crippen LogP contribution >= 0.6 is 0 Å². The van der Waals surface area contributed by atoms with Crippen LogP contribution in [0.2, 0.25) is 0 Å². The molecule has 1 N–H and O–H groups in total. The third kappa shape index (κ3) is 3.36. The Hall–Kier alpha value is -2.01. The number of hydrogen-bond acceptors (Lipinski definition) is 4. The minimum atomic E-state index is 0.453. The molecule has 114 valence electrons. The van der Waals surface area contributed by atoms with Crippen molar-refractivity contribution in [2.24, 2.45) is 0 Å². The lowest BCUT2D eigenvalue weighted by molar-refractivity contribution is 0.354. The molecule has 0 radical (unpaired) electrons. The summed E-state index contributed by atoms with van der Waals surface area (Å²) in [5.74, 6) is 1.42. The smallest absolute Gasteiger partial charge is 0.162 e. The van der Waals surface area contributed by atoms with Crippen LogP contribution in [-0.2, 0) is 6.54 Å². The summed E-state index contributed by atoms with van der Waals surface area (Å²) in [6.07, 6.45) is 1.90. The first-order chi connectivity index (χ1) is 10.1. The van der Waals surface area contributed by atoms with E-state index in [0.29, 0.717) is 17.5 Å². The largest absolute Gasteiger partial charge is 0.493 e. The van der Waals surface area contributed by atoms with Crippen molar-refractivity contribution in [3.8, 4) is 17.2 Å². The molecule has 0 fully saturated rings. The monoisotopic (exact) mass is 289 g/mol. The van der Waals surface area contributed by atoms with Gasteiger partial charge in [0.25, 0.3) is 0 Å². The average Bonchev–Trinajstić information content (AvgIpc) is 2.85. The summed E-state index contributed by atoms with van der Waals surface area (Å²) in [7, 11) is 3.27. The van der Waals surface area contributed by atoms with Gasteiger partial charge in [0.05, 0.1) is 26.1 Å². The Morgan fingerprint density at radius 1 is 1.19 bits per heavy atom. The fourth-order valence-electron chi connectivity index (χ4n) is 2.15. The molecule has 0 atom stereocenters. The van der Waals surface area contributed by atoms with Crippen molar-refractivity contribution in [1.29, 1.82) is 0 Å². The summed E-state index contributed by atoms with van der Waals surface area (Å²) in [4.78, 5) is 0. The molecule has 0 spiro atoms. The summed E-state index contributed by atoms with van der Waals surface area (Å²) in [5.41, 5.74) is 3.27. The second kappa shape index (κ2) is 6.63. The highest BCUT2D eigenvalue weighted by Gasteiger charge is 2.11. The molecule has 0 unspecified atom stereocenters. The Balaban J connectivity index is 2.30. The van der Waals surface area contributed by atoms with Gasteiger partial charge in [0.1, 0.15) is 0 Å². The van der Waals surface area contributed by atoms with E-state index in [2.05, 4.69) is 31.2 Å². The van der Waals surface area contributed by atoms with Gasteiger partial charge in [-0.05, 0) is 19.1 Å². The van der Waals surface area contributed by atoms with Crippen LogP contribution in [0, 0.1) is 6.92 Å². The van der Waals surface area contributed by atoms with Crippen molar-refractivity contribution in [2.75, 3.05) is 14.2 Å². The van der Waals surface area contributed by atoms with Gasteiger partial charge in [-0.15, -0.1) is 0 Å². The number of rotatable bonds is 6. The SMILES string of the molecule is COc1ccc(-n2ncc(CNC(C)C)c2C)cc1OC. The fourth-order valence-corrected chi connectivity index (χ4v) is 2.15. The zero-order valence-electron chi connectivity index (χ0n) is 13.3. The molecule has 0 aliphatic rings. The first kappa shape index (κ1) is 15.4. The maximum Gasteiger partial charge on any atom is 0.162 e. The van der Waals surface area contributed by atoms with E-state index in [9.17, 15) is 0 Å². The first-order valence-electron chi connectivity index (χ1n) is 7.06. The van der Waals surface area contributed by atoms with Crippen LogP contribution in [0.5, 0.6) is 11.5 Å². The van der Waals surface area contributed by atoms with Crippen LogP contribution in [0.3, 0.4) is 0 Å². The summed E-state index contributed by atoms with van der Waals surface area (Å²) >= 11 is 0. The third-order valence-corrected chi connectivity index (χ3v) is 3.42. The molecule has 2 aromatic rings. The Labute approximate surface area is 125 Å². The van der Waals surface area contributed by atoms with E-state index in [4.69, 9.17) is 9.47 Å². The van der Waals surface area contributed by atoms with Crippen LogP contribution in [0.1, 0.15) is 25.1 Å². The summed E-state index contributed by atoms with van der Waals surface area (Å²) < 4.78 is 12.5. The molecule has 0 aliphatic carbocycles. The number of nitrogens with zero attached hydrogens (tertiary/aromatic N) is 2. The van der Waals surface area contributed by atoms with E-state index in [-0.39, 0.29) is 0 Å². The second-order valence-corrected chi connectivity index (χ2v) is 5.24. The molecule has 1 aromatic heterocycles. The zero-order valence-corrected chi connectivity index (χ0v) is 13.3. The maximum absolute atomic E-state index is 5.35. The molecule has 0 aliphatic heterocycles. The van der Waals surface area contributed by atoms with Gasteiger partial charge in [-0.2, -0.15) is 5.10 Å². The quantitative estimate of drug-likeness (QED) is 0.888. The van der Waals surface area contributed by atoms with Gasteiger partial charge in [-0.3, -0.25) is 0 Å². The van der Waals surface area contributed by atoms with E-state index < -0.39 is 0 Å². The normalized spacial score (nSPS) is 11.0. The summed E-state index contributed by atoms with van der Waals surface area (Å²) in [6, 6.07) is 6.25. The van der Waals surface area contributed by atoms with Gasteiger partial charge >= 0.3 is 0 Å². The summed E-state index contributed by atoms with van der Waals surface area (Å²) in [6.45, 7) is 7.15. The molecule has 1 aromatic carbocycles. The van der Waals surface area contributed by atoms with Crippen LogP contribution in [0.4, 0.5) is 0 Å². The molecular formula is C16H23N3O2. The lowest BCUT2D eigenvalue weighted by Crippen LogP contribution is -2.22. The van der Waals surface area contributed by atoms with E-state index in [1.165, 1.54) is 5.56 Å². The molecule has 0 amide bonds. The molecule has 5 nitrogen and oxygen atoms in total. The summed E-state index contributed by atoms with van der Waals surface area (Å²) in [5, 5.41) is 7.89. The van der Waals surface area contributed by atoms with Gasteiger partial charge in [0.15, 0.2) is 11.5 Å². The first-order valence-corrected chi connectivity index (χ1v) is 7.06. The van der Waals surface area contributed by atoms with Gasteiger partial charge < -0.3 is 14.8 Å². The van der Waals surface area contributed by atoms with Gasteiger partial charge in [-0.25, -0.2) is 4.68 Å². The van der Waals surface area contributed by atoms with Crippen molar-refractivity contribution in [2.45, 2.75) is 33.4 Å². The number of ether oxygens (including phenoxy) is 2. The number of nitrogens with one attached hydrogen (secondary N) is 1. The van der Waals surface area contributed by atoms with E-state index >= 15 is 0 Å². The highest BCUT2D eigenvalue weighted by Crippen LogP contribution is 2.29. The van der Waals surface area contributed by atoms with Crippen LogP contribution in [-0.4, -0.2) is 30.0 Å². The minimum Gasteiger partial charge on any atom is -0.493 e. The van der Waals surface area contributed by atoms with Crippen LogP contribution in [0.15, 0.2) is 24.4 Å². The fraction of sp³-hybridized carbons (Fsp3) is 0.438. The van der Waals surface area contributed by atoms with Crippen LogP contribution < -0.4 is 14.8 Å². The zero-order chi connectivity index (χ0) is 15.4. The number of aromatic nitrogens is 2. The lowest BCUT2D eigenvalue weighted by atomic mass is 10.2. The second-order valence-electron chi connectivity index (χ2n) is 5.24. The predicted molar refractivity (Wildman–Crippen MR) is 83.4 cm³/mol. The average molecular weight is 289 g/mol. The van der Waals surface area contributed by atoms with E-state index in [1.54, 1.807) is 14.2 Å². The molecule has 1 heterocycles. The molecule has 0 saturated heterocycles. The number of methoxy groups -OCH3 is 2. The minimum absolute atomic E-state index is 0.453. The van der Waals surface area contributed by atoms with Gasteiger partial charge in [-0.1, -0.05) is 13.8 Å². The van der Waals surface area contributed by atoms with Crippen molar-refractivity contribution >= 4 is 0 Å². The third-order valence-electron chi connectivity index (χ3n) is 3.42. The van der Waals surface area contributed by atoms with Gasteiger partial charge in [0, 0.05) is 29.9 Å². The topological polar surface area (TPSA) is 48.3 Å². The van der Waals surface area contributed by atoms with Crippen molar-refractivity contribution < 1.29 is 9.47 Å². The van der Waals surface area contributed by atoms with Crippen LogP contribution in [0.25, 0.3) is 5.69 Å². The molecule has 0 saturated carbocycles. The van der Waals surface area contributed by atoms with Crippen molar-refractivity contribution in [1.82, 2.24) is 15.1 Å². The van der Waals surface area contributed by atoms with Gasteiger partial charge in [0.2, 0.25) is 0 Å².